The molecule has 1 N–H and O–H groups in total. The van der Waals surface area contributed by atoms with Gasteiger partial charge in [-0.15, -0.1) is 0 Å². The average Bonchev–Trinajstić information content (AvgIpc) is 3.03. The van der Waals surface area contributed by atoms with Crippen molar-refractivity contribution in [3.05, 3.63) is 79.4 Å². The Morgan fingerprint density at radius 2 is 1.88 bits per heavy atom. The fourth-order valence-electron chi connectivity index (χ4n) is 2.89. The summed E-state index contributed by atoms with van der Waals surface area (Å²) in [5, 5.41) is 11.5. The second-order valence-electron chi connectivity index (χ2n) is 6.65. The lowest BCUT2D eigenvalue weighted by Gasteiger charge is -2.08. The molecule has 32 heavy (non-hydrogen) atoms. The van der Waals surface area contributed by atoms with E-state index in [9.17, 15) is 14.7 Å². The molecule has 3 rings (SSSR count). The van der Waals surface area contributed by atoms with Crippen molar-refractivity contribution in [1.29, 1.82) is 0 Å². The molecule has 9 heteroatoms. The zero-order valence-electron chi connectivity index (χ0n) is 17.4. The number of aliphatic hydroxyl groups is 1. The van der Waals surface area contributed by atoms with Gasteiger partial charge in [0.25, 0.3) is 5.91 Å². The molecule has 0 aliphatic carbocycles. The Hall–Kier alpha value is -2.74. The minimum absolute atomic E-state index is 0.0323. The monoisotopic (exact) mass is 491 g/mol. The third kappa shape index (κ3) is 5.18. The van der Waals surface area contributed by atoms with Crippen LogP contribution in [0.1, 0.15) is 28.4 Å². The van der Waals surface area contributed by atoms with Crippen molar-refractivity contribution in [2.24, 2.45) is 4.99 Å². The Bertz CT molecular complexity index is 1170. The summed E-state index contributed by atoms with van der Waals surface area (Å²) in [5.41, 5.74) is 1.64. The number of nitrogens with zero attached hydrogens (tertiary/aromatic N) is 1. The molecule has 0 saturated heterocycles. The molecule has 0 unspecified atom stereocenters. The van der Waals surface area contributed by atoms with Crippen molar-refractivity contribution < 1.29 is 24.2 Å². The van der Waals surface area contributed by atoms with Crippen LogP contribution in [0.2, 0.25) is 10.0 Å². The highest BCUT2D eigenvalue weighted by atomic mass is 35.5. The average molecular weight is 492 g/mol. The Morgan fingerprint density at radius 3 is 2.50 bits per heavy atom. The number of methoxy groups -OCH3 is 1. The third-order valence-corrected chi connectivity index (χ3v) is 5.92. The van der Waals surface area contributed by atoms with E-state index >= 15 is 0 Å². The molecule has 1 aliphatic heterocycles. The normalized spacial score (nSPS) is 16.0. The number of aryl methyl sites for hydroxylation is 1. The van der Waals surface area contributed by atoms with Gasteiger partial charge < -0.3 is 14.6 Å². The quantitative estimate of drug-likeness (QED) is 0.515. The van der Waals surface area contributed by atoms with Gasteiger partial charge in [0.2, 0.25) is 0 Å². The van der Waals surface area contributed by atoms with Crippen LogP contribution in [0.4, 0.5) is 0 Å². The van der Waals surface area contributed by atoms with Gasteiger partial charge in [-0.25, -0.2) is 9.79 Å². The van der Waals surface area contributed by atoms with Gasteiger partial charge in [0, 0.05) is 16.1 Å². The number of carbonyl (C=O) groups excluding carboxylic acids is 2. The molecule has 0 radical (unpaired) electrons. The van der Waals surface area contributed by atoms with E-state index in [1.54, 1.807) is 43.3 Å². The van der Waals surface area contributed by atoms with Crippen molar-refractivity contribution >= 4 is 58.0 Å². The minimum atomic E-state index is -0.785. The van der Waals surface area contributed by atoms with E-state index in [1.165, 1.54) is 13.2 Å². The van der Waals surface area contributed by atoms with Gasteiger partial charge in [0.05, 0.1) is 23.6 Å². The molecule has 1 amide bonds. The maximum atomic E-state index is 12.7. The Kier molecular flexibility index (Phi) is 7.66. The number of aliphatic imine (C=N–C) groups is 1. The van der Waals surface area contributed by atoms with Crippen LogP contribution in [0.15, 0.2) is 57.6 Å². The molecular weight excluding hydrogens is 473 g/mol. The van der Waals surface area contributed by atoms with Crippen molar-refractivity contribution in [2.45, 2.75) is 13.8 Å². The van der Waals surface area contributed by atoms with E-state index in [0.717, 1.165) is 17.3 Å². The van der Waals surface area contributed by atoms with Crippen LogP contribution in [0.3, 0.4) is 0 Å². The number of thioether (sulfide) groups is 1. The van der Waals surface area contributed by atoms with E-state index in [-0.39, 0.29) is 32.9 Å². The molecule has 2 aromatic carbocycles. The number of hydrogen-bond donors (Lipinski definition) is 1. The van der Waals surface area contributed by atoms with Gasteiger partial charge in [0.15, 0.2) is 0 Å². The first-order valence-electron chi connectivity index (χ1n) is 9.48. The lowest BCUT2D eigenvalue weighted by atomic mass is 10.1. The summed E-state index contributed by atoms with van der Waals surface area (Å²) in [6.07, 6.45) is 1.55. The summed E-state index contributed by atoms with van der Waals surface area (Å²) in [5.74, 6) is -1.35. The predicted octanol–water partition coefficient (Wildman–Crippen LogP) is 6.01. The van der Waals surface area contributed by atoms with E-state index in [0.29, 0.717) is 21.9 Å². The fraction of sp³-hybridized carbons (Fsp3) is 0.174. The van der Waals surface area contributed by atoms with Gasteiger partial charge in [-0.1, -0.05) is 52.7 Å². The number of rotatable bonds is 5. The first kappa shape index (κ1) is 23.9. The summed E-state index contributed by atoms with van der Waals surface area (Å²) in [6, 6.07) is 9.99. The van der Waals surface area contributed by atoms with Crippen LogP contribution in [0.25, 0.3) is 6.08 Å². The number of halogens is 2. The van der Waals surface area contributed by atoms with Crippen LogP contribution in [-0.2, 0) is 9.53 Å². The maximum absolute atomic E-state index is 12.7. The molecule has 2 aromatic rings. The van der Waals surface area contributed by atoms with E-state index in [1.807, 2.05) is 6.92 Å². The second kappa shape index (κ2) is 10.3. The molecule has 1 aliphatic rings. The van der Waals surface area contributed by atoms with Crippen molar-refractivity contribution in [1.82, 2.24) is 0 Å². The largest absolute Gasteiger partial charge is 0.506 e. The van der Waals surface area contributed by atoms with Gasteiger partial charge >= 0.3 is 5.97 Å². The second-order valence-corrected chi connectivity index (χ2v) is 8.53. The third-order valence-electron chi connectivity index (χ3n) is 4.40. The number of aliphatic hydroxyl groups excluding tert-OH is 1. The standard InChI is InChI=1S/C23H19Cl2NO5S/c1-4-31-23(29)18-19(27)17(10-14-9-15(24)11-16(25)20(14)30-3)32-22(18)26-21(28)13-7-5-12(2)6-8-13/h5-11,27H,4H2,1-3H3. The van der Waals surface area contributed by atoms with Gasteiger partial charge in [-0.05, 0) is 44.2 Å². The molecule has 0 aromatic heterocycles. The van der Waals surface area contributed by atoms with Crippen LogP contribution in [0.5, 0.6) is 5.75 Å². The van der Waals surface area contributed by atoms with Crippen molar-refractivity contribution in [3.63, 3.8) is 0 Å². The number of amides is 1. The SMILES string of the molecule is CCOC(=O)C1=C(O)C(=Cc2cc(Cl)cc(Cl)c2OC)SC1=NC(=O)c1ccc(C)cc1. The number of carbonyl (C=O) groups is 2. The molecular formula is C23H19Cl2NO5S. The summed E-state index contributed by atoms with van der Waals surface area (Å²) >= 11 is 13.3. The molecule has 0 bridgehead atoms. The first-order chi connectivity index (χ1) is 15.2. The molecule has 0 atom stereocenters. The summed E-state index contributed by atoms with van der Waals surface area (Å²) in [6.45, 7) is 3.64. The summed E-state index contributed by atoms with van der Waals surface area (Å²) < 4.78 is 10.4. The van der Waals surface area contributed by atoms with Gasteiger partial charge in [-0.2, -0.15) is 0 Å². The molecule has 6 nitrogen and oxygen atoms in total. The molecule has 0 spiro atoms. The lowest BCUT2D eigenvalue weighted by Crippen LogP contribution is -2.14. The number of hydrogen-bond acceptors (Lipinski definition) is 6. The van der Waals surface area contributed by atoms with E-state index in [2.05, 4.69) is 4.99 Å². The fourth-order valence-corrected chi connectivity index (χ4v) is 4.48. The molecule has 166 valence electrons. The van der Waals surface area contributed by atoms with Crippen LogP contribution in [0, 0.1) is 6.92 Å². The highest BCUT2D eigenvalue weighted by molar-refractivity contribution is 8.18. The van der Waals surface area contributed by atoms with Gasteiger partial charge in [0.1, 0.15) is 22.1 Å². The Morgan fingerprint density at radius 1 is 1.19 bits per heavy atom. The molecule has 1 heterocycles. The highest BCUT2D eigenvalue weighted by Crippen LogP contribution is 2.42. The Balaban J connectivity index is 2.08. The first-order valence-corrected chi connectivity index (χ1v) is 11.1. The number of ether oxygens (including phenoxy) is 2. The zero-order valence-corrected chi connectivity index (χ0v) is 19.8. The van der Waals surface area contributed by atoms with Crippen LogP contribution >= 0.6 is 35.0 Å². The topological polar surface area (TPSA) is 85.2 Å². The smallest absolute Gasteiger partial charge is 0.344 e. The Labute approximate surface area is 199 Å². The van der Waals surface area contributed by atoms with Crippen molar-refractivity contribution in [2.75, 3.05) is 13.7 Å². The summed E-state index contributed by atoms with van der Waals surface area (Å²) in [7, 11) is 1.45. The highest BCUT2D eigenvalue weighted by Gasteiger charge is 2.34. The van der Waals surface area contributed by atoms with Gasteiger partial charge in [-0.3, -0.25) is 4.79 Å². The predicted molar refractivity (Wildman–Crippen MR) is 128 cm³/mol. The zero-order chi connectivity index (χ0) is 23.4. The minimum Gasteiger partial charge on any atom is -0.506 e. The van der Waals surface area contributed by atoms with E-state index < -0.39 is 11.9 Å². The van der Waals surface area contributed by atoms with Crippen molar-refractivity contribution in [3.8, 4) is 5.75 Å². The molecule has 0 fully saturated rings. The lowest BCUT2D eigenvalue weighted by molar-refractivity contribution is -0.138. The summed E-state index contributed by atoms with van der Waals surface area (Å²) in [4.78, 5) is 29.5. The number of benzene rings is 2. The molecule has 0 saturated carbocycles. The van der Waals surface area contributed by atoms with Crippen LogP contribution < -0.4 is 4.74 Å². The van der Waals surface area contributed by atoms with Crippen LogP contribution in [-0.4, -0.2) is 35.7 Å². The van der Waals surface area contributed by atoms with E-state index in [4.69, 9.17) is 32.7 Å². The number of esters is 1. The maximum Gasteiger partial charge on any atom is 0.344 e.